The fraction of sp³-hybridized carbons (Fsp3) is 0.636. The Labute approximate surface area is 171 Å². The lowest BCUT2D eigenvalue weighted by Crippen LogP contribution is -2.52. The molecule has 2 fully saturated rings. The summed E-state index contributed by atoms with van der Waals surface area (Å²) in [6.45, 7) is 0.547. The van der Waals surface area contributed by atoms with Crippen LogP contribution in [0.2, 0.25) is 0 Å². The Kier molecular flexibility index (Phi) is 7.24. The van der Waals surface area contributed by atoms with Gasteiger partial charge < -0.3 is 20.5 Å². The number of benzene rings is 1. The average molecular weight is 406 g/mol. The lowest BCUT2D eigenvalue weighted by Gasteiger charge is -2.38. The van der Waals surface area contributed by atoms with Crippen molar-refractivity contribution in [1.82, 2.24) is 4.90 Å². The van der Waals surface area contributed by atoms with Gasteiger partial charge in [-0.2, -0.15) is 0 Å². The molecule has 0 unspecified atom stereocenters. The normalized spacial score (nSPS) is 23.3. The summed E-state index contributed by atoms with van der Waals surface area (Å²) in [4.78, 5) is 25.4. The summed E-state index contributed by atoms with van der Waals surface area (Å²) in [5.74, 6) is -0.935. The van der Waals surface area contributed by atoms with Gasteiger partial charge in [-0.05, 0) is 75.0 Å². The highest BCUT2D eigenvalue weighted by atomic mass is 19.1. The van der Waals surface area contributed by atoms with Crippen LogP contribution >= 0.6 is 0 Å². The van der Waals surface area contributed by atoms with E-state index in [-0.39, 0.29) is 29.6 Å². The quantitative estimate of drug-likeness (QED) is 0.692. The van der Waals surface area contributed by atoms with Gasteiger partial charge in [0.05, 0.1) is 18.2 Å². The third-order valence-corrected chi connectivity index (χ3v) is 6.56. The minimum Gasteiger partial charge on any atom is -0.478 e. The van der Waals surface area contributed by atoms with Gasteiger partial charge in [0.2, 0.25) is 5.91 Å². The number of nitrogens with zero attached hydrogens (tertiary/aromatic N) is 1. The second-order valence-electron chi connectivity index (χ2n) is 8.47. The SMILES string of the molecule is CN(C(=O)[C@@H](N)C1CCC(COCc2cc(C(=O)O)ccc2F)CC1)C1CCC1. The summed E-state index contributed by atoms with van der Waals surface area (Å²) in [6.07, 6.45) is 6.98. The van der Waals surface area contributed by atoms with Gasteiger partial charge in [-0.1, -0.05) is 0 Å². The summed E-state index contributed by atoms with van der Waals surface area (Å²) >= 11 is 0. The van der Waals surface area contributed by atoms with E-state index in [0.29, 0.717) is 18.6 Å². The molecule has 0 heterocycles. The second kappa shape index (κ2) is 9.67. The standard InChI is InChI=1S/C22H31FN2O4/c1-25(18-3-2-4-18)21(26)20(24)15-7-5-14(6-8-15)12-29-13-17-11-16(22(27)28)9-10-19(17)23/h9-11,14-15,18,20H,2-8,12-13,24H2,1H3,(H,27,28)/t14?,15?,20-/m0/s1. The molecule has 2 saturated carbocycles. The maximum Gasteiger partial charge on any atom is 0.335 e. The molecule has 2 aliphatic rings. The van der Waals surface area contributed by atoms with E-state index < -0.39 is 17.8 Å². The number of likely N-dealkylation sites (N-methyl/N-ethyl adjacent to an activating group) is 1. The van der Waals surface area contributed by atoms with Crippen LogP contribution in [0.3, 0.4) is 0 Å². The zero-order chi connectivity index (χ0) is 21.0. The van der Waals surface area contributed by atoms with Crippen molar-refractivity contribution in [3.8, 4) is 0 Å². The second-order valence-corrected chi connectivity index (χ2v) is 8.47. The van der Waals surface area contributed by atoms with Crippen LogP contribution in [0.15, 0.2) is 18.2 Å². The molecule has 0 bridgehead atoms. The number of hydrogen-bond acceptors (Lipinski definition) is 4. The Hall–Kier alpha value is -1.99. The van der Waals surface area contributed by atoms with Gasteiger partial charge in [0, 0.05) is 25.3 Å². The number of amides is 1. The van der Waals surface area contributed by atoms with Gasteiger partial charge in [0.1, 0.15) is 5.82 Å². The predicted octanol–water partition coefficient (Wildman–Crippen LogP) is 3.19. The van der Waals surface area contributed by atoms with Crippen LogP contribution in [0.1, 0.15) is 60.9 Å². The van der Waals surface area contributed by atoms with Crippen LogP contribution in [-0.2, 0) is 16.1 Å². The van der Waals surface area contributed by atoms with Gasteiger partial charge in [0.25, 0.3) is 0 Å². The molecule has 1 atom stereocenters. The minimum absolute atomic E-state index is 0.0519. The van der Waals surface area contributed by atoms with E-state index in [1.165, 1.54) is 18.6 Å². The van der Waals surface area contributed by atoms with E-state index >= 15 is 0 Å². The molecule has 0 saturated heterocycles. The summed E-state index contributed by atoms with van der Waals surface area (Å²) in [5, 5.41) is 9.02. The zero-order valence-electron chi connectivity index (χ0n) is 17.0. The van der Waals surface area contributed by atoms with E-state index in [1.807, 2.05) is 11.9 Å². The molecule has 29 heavy (non-hydrogen) atoms. The molecule has 0 spiro atoms. The molecule has 7 heteroatoms. The summed E-state index contributed by atoms with van der Waals surface area (Å²) in [7, 11) is 1.87. The van der Waals surface area contributed by atoms with E-state index in [2.05, 4.69) is 0 Å². The highest BCUT2D eigenvalue weighted by Gasteiger charge is 2.34. The van der Waals surface area contributed by atoms with Crippen molar-refractivity contribution in [3.63, 3.8) is 0 Å². The van der Waals surface area contributed by atoms with Crippen LogP contribution in [0, 0.1) is 17.7 Å². The molecule has 0 radical (unpaired) electrons. The third kappa shape index (κ3) is 5.34. The Balaban J connectivity index is 1.41. The maximum absolute atomic E-state index is 13.8. The number of carboxylic acid groups (broad SMARTS) is 1. The topological polar surface area (TPSA) is 92.9 Å². The molecule has 0 aromatic heterocycles. The Morgan fingerprint density at radius 1 is 1.24 bits per heavy atom. The molecule has 3 N–H and O–H groups in total. The molecule has 0 aliphatic heterocycles. The number of halogens is 1. The largest absolute Gasteiger partial charge is 0.478 e. The van der Waals surface area contributed by atoms with Gasteiger partial charge in [-0.3, -0.25) is 4.79 Å². The van der Waals surface area contributed by atoms with Crippen molar-refractivity contribution in [3.05, 3.63) is 35.1 Å². The molecular formula is C22H31FN2O4. The van der Waals surface area contributed by atoms with E-state index in [1.54, 1.807) is 0 Å². The first kappa shape index (κ1) is 21.7. The van der Waals surface area contributed by atoms with Crippen molar-refractivity contribution in [2.45, 2.75) is 63.6 Å². The molecule has 6 nitrogen and oxygen atoms in total. The monoisotopic (exact) mass is 406 g/mol. The maximum atomic E-state index is 13.8. The number of carbonyl (C=O) groups excluding carboxylic acids is 1. The highest BCUT2D eigenvalue weighted by Crippen LogP contribution is 2.32. The third-order valence-electron chi connectivity index (χ3n) is 6.56. The molecule has 2 aliphatic carbocycles. The molecule has 1 aromatic rings. The van der Waals surface area contributed by atoms with Crippen molar-refractivity contribution in [2.75, 3.05) is 13.7 Å². The fourth-order valence-electron chi connectivity index (χ4n) is 4.26. The van der Waals surface area contributed by atoms with Crippen molar-refractivity contribution >= 4 is 11.9 Å². The number of nitrogens with two attached hydrogens (primary N) is 1. The molecule has 1 amide bonds. The molecular weight excluding hydrogens is 375 g/mol. The number of aromatic carboxylic acids is 1. The number of rotatable bonds is 8. The lowest BCUT2D eigenvalue weighted by molar-refractivity contribution is -0.136. The van der Waals surface area contributed by atoms with Crippen LogP contribution < -0.4 is 5.73 Å². The van der Waals surface area contributed by atoms with Crippen molar-refractivity contribution < 1.29 is 23.8 Å². The highest BCUT2D eigenvalue weighted by molar-refractivity contribution is 5.87. The number of carboxylic acids is 1. The predicted molar refractivity (Wildman–Crippen MR) is 107 cm³/mol. The molecule has 1 aromatic carbocycles. The summed E-state index contributed by atoms with van der Waals surface area (Å²) < 4.78 is 19.5. The van der Waals surface area contributed by atoms with Crippen LogP contribution in [-0.4, -0.2) is 47.6 Å². The minimum atomic E-state index is -1.08. The van der Waals surface area contributed by atoms with Gasteiger partial charge in [-0.15, -0.1) is 0 Å². The van der Waals surface area contributed by atoms with Crippen LogP contribution in [0.5, 0.6) is 0 Å². The number of ether oxygens (including phenoxy) is 1. The lowest BCUT2D eigenvalue weighted by atomic mass is 9.78. The van der Waals surface area contributed by atoms with Gasteiger partial charge in [-0.25, -0.2) is 9.18 Å². The molecule has 3 rings (SSSR count). The Morgan fingerprint density at radius 3 is 2.52 bits per heavy atom. The Bertz CT molecular complexity index is 730. The van der Waals surface area contributed by atoms with Gasteiger partial charge >= 0.3 is 5.97 Å². The van der Waals surface area contributed by atoms with E-state index in [0.717, 1.165) is 44.6 Å². The summed E-state index contributed by atoms with van der Waals surface area (Å²) in [6, 6.07) is 3.65. The number of hydrogen-bond donors (Lipinski definition) is 2. The van der Waals surface area contributed by atoms with Crippen molar-refractivity contribution in [1.29, 1.82) is 0 Å². The Morgan fingerprint density at radius 2 is 1.93 bits per heavy atom. The number of carbonyl (C=O) groups is 2. The first-order valence-electron chi connectivity index (χ1n) is 10.5. The van der Waals surface area contributed by atoms with Crippen LogP contribution in [0.4, 0.5) is 4.39 Å². The molecule has 160 valence electrons. The smallest absolute Gasteiger partial charge is 0.335 e. The fourth-order valence-corrected chi connectivity index (χ4v) is 4.26. The zero-order valence-corrected chi connectivity index (χ0v) is 17.0. The average Bonchev–Trinajstić information content (AvgIpc) is 2.67. The van der Waals surface area contributed by atoms with E-state index in [4.69, 9.17) is 15.6 Å². The van der Waals surface area contributed by atoms with Crippen LogP contribution in [0.25, 0.3) is 0 Å². The first-order chi connectivity index (χ1) is 13.9. The van der Waals surface area contributed by atoms with E-state index in [9.17, 15) is 14.0 Å². The summed E-state index contributed by atoms with van der Waals surface area (Å²) in [5.41, 5.74) is 6.58. The van der Waals surface area contributed by atoms with Gasteiger partial charge in [0.15, 0.2) is 0 Å². The van der Waals surface area contributed by atoms with Crippen molar-refractivity contribution in [2.24, 2.45) is 17.6 Å². The first-order valence-corrected chi connectivity index (χ1v) is 10.5.